The Balaban J connectivity index is 1.21. The van der Waals surface area contributed by atoms with Gasteiger partial charge >= 0.3 is 5.97 Å². The summed E-state index contributed by atoms with van der Waals surface area (Å²) in [6.07, 6.45) is 9.85. The first-order valence-electron chi connectivity index (χ1n) is 12.5. The molecule has 0 atom stereocenters. The van der Waals surface area contributed by atoms with Crippen LogP contribution in [0.25, 0.3) is 6.08 Å². The molecule has 4 aliphatic rings. The third-order valence-corrected chi connectivity index (χ3v) is 8.02. The van der Waals surface area contributed by atoms with E-state index >= 15 is 0 Å². The molecule has 4 bridgehead atoms. The molecule has 0 radical (unpaired) electrons. The Bertz CT molecular complexity index is 1180. The van der Waals surface area contributed by atoms with Crippen LogP contribution in [-0.4, -0.2) is 36.5 Å². The molecule has 4 saturated carbocycles. The monoisotopic (exact) mass is 489 g/mol. The lowest BCUT2D eigenvalue weighted by Gasteiger charge is -2.55. The lowest BCUT2D eigenvalue weighted by Crippen LogP contribution is -2.51. The van der Waals surface area contributed by atoms with Crippen LogP contribution in [0.15, 0.2) is 48.5 Å². The van der Waals surface area contributed by atoms with Crippen LogP contribution in [0.2, 0.25) is 0 Å². The van der Waals surface area contributed by atoms with Crippen molar-refractivity contribution in [3.63, 3.8) is 0 Å². The van der Waals surface area contributed by atoms with Gasteiger partial charge in [0.1, 0.15) is 6.61 Å². The molecule has 7 heteroatoms. The summed E-state index contributed by atoms with van der Waals surface area (Å²) in [4.78, 5) is 36.9. The van der Waals surface area contributed by atoms with Crippen molar-refractivity contribution >= 4 is 29.4 Å². The van der Waals surface area contributed by atoms with Gasteiger partial charge in [-0.1, -0.05) is 18.2 Å². The number of methoxy groups -OCH3 is 1. The molecule has 4 fully saturated rings. The van der Waals surface area contributed by atoms with Crippen molar-refractivity contribution in [3.8, 4) is 11.5 Å². The van der Waals surface area contributed by atoms with Gasteiger partial charge in [-0.25, -0.2) is 4.79 Å². The summed E-state index contributed by atoms with van der Waals surface area (Å²) in [5.41, 5.74) is 0.751. The van der Waals surface area contributed by atoms with Crippen molar-refractivity contribution in [2.75, 3.05) is 19.0 Å². The summed E-state index contributed by atoms with van der Waals surface area (Å²) in [6.45, 7) is 0.0447. The van der Waals surface area contributed by atoms with E-state index in [9.17, 15) is 19.5 Å². The van der Waals surface area contributed by atoms with Gasteiger partial charge in [-0.15, -0.1) is 0 Å². The van der Waals surface area contributed by atoms with Crippen LogP contribution in [0, 0.1) is 23.2 Å². The topological polar surface area (TPSA) is 102 Å². The number of nitrogens with one attached hydrogen (secondary N) is 1. The number of carbonyl (C=O) groups is 3. The van der Waals surface area contributed by atoms with Gasteiger partial charge in [0.2, 0.25) is 5.91 Å². The summed E-state index contributed by atoms with van der Waals surface area (Å²) in [6, 6.07) is 11.5. The summed E-state index contributed by atoms with van der Waals surface area (Å²) in [5.74, 6) is 1.73. The SMILES string of the molecule is COc1cc(/C=C/C(=O)Nc2ccccc2C(=O)O)ccc1OCC(=O)C12CC3CC(CC(C3)C1)C2. The maximum atomic E-state index is 13.3. The molecular formula is C29H31NO6. The number of amides is 1. The standard InChI is InChI=1S/C29H31NO6/c1-35-25-13-18(7-9-27(32)30-23-5-3-2-4-22(23)28(33)34)6-8-24(25)36-17-26(31)29-14-19-10-20(15-29)12-21(11-19)16-29/h2-9,13,19-21H,10-12,14-17H2,1H3,(H,30,32)(H,33,34)/b9-7+. The van der Waals surface area contributed by atoms with Gasteiger partial charge in [-0.2, -0.15) is 0 Å². The number of hydrogen-bond acceptors (Lipinski definition) is 5. The number of carboxylic acid groups (broad SMARTS) is 1. The van der Waals surface area contributed by atoms with Gasteiger partial charge in [-0.3, -0.25) is 9.59 Å². The number of aromatic carboxylic acids is 1. The van der Waals surface area contributed by atoms with E-state index in [2.05, 4.69) is 5.32 Å². The van der Waals surface area contributed by atoms with E-state index in [1.54, 1.807) is 36.4 Å². The molecule has 188 valence electrons. The maximum absolute atomic E-state index is 13.3. The molecule has 2 aromatic rings. The number of carbonyl (C=O) groups excluding carboxylic acids is 2. The minimum Gasteiger partial charge on any atom is -0.493 e. The third kappa shape index (κ3) is 4.87. The van der Waals surface area contributed by atoms with E-state index in [1.807, 2.05) is 0 Å². The zero-order valence-electron chi connectivity index (χ0n) is 20.4. The summed E-state index contributed by atoms with van der Waals surface area (Å²) < 4.78 is 11.4. The molecule has 0 aromatic heterocycles. The summed E-state index contributed by atoms with van der Waals surface area (Å²) >= 11 is 0. The average molecular weight is 490 g/mol. The van der Waals surface area contributed by atoms with Crippen molar-refractivity contribution in [2.24, 2.45) is 23.2 Å². The van der Waals surface area contributed by atoms with Crippen LogP contribution in [0.4, 0.5) is 5.69 Å². The summed E-state index contributed by atoms with van der Waals surface area (Å²) in [5, 5.41) is 11.9. The zero-order chi connectivity index (χ0) is 25.3. The molecular weight excluding hydrogens is 458 g/mol. The molecule has 6 rings (SSSR count). The van der Waals surface area contributed by atoms with Gasteiger partial charge in [-0.05, 0) is 92.2 Å². The number of ether oxygens (including phenoxy) is 2. The Hall–Kier alpha value is -3.61. The summed E-state index contributed by atoms with van der Waals surface area (Å²) in [7, 11) is 1.53. The smallest absolute Gasteiger partial charge is 0.337 e. The van der Waals surface area contributed by atoms with Crippen molar-refractivity contribution < 1.29 is 29.0 Å². The molecule has 2 aromatic carbocycles. The Morgan fingerprint density at radius 1 is 1.00 bits per heavy atom. The highest BCUT2D eigenvalue weighted by Gasteiger charge is 2.54. The van der Waals surface area contributed by atoms with Crippen LogP contribution < -0.4 is 14.8 Å². The second-order valence-electron chi connectivity index (χ2n) is 10.5. The van der Waals surface area contributed by atoms with Gasteiger partial charge < -0.3 is 19.9 Å². The minimum absolute atomic E-state index is 0.0190. The highest BCUT2D eigenvalue weighted by atomic mass is 16.5. The average Bonchev–Trinajstić information content (AvgIpc) is 2.85. The number of carboxylic acids is 1. The number of Topliss-reactive ketones (excluding diaryl/α,β-unsaturated/α-hetero) is 1. The van der Waals surface area contributed by atoms with E-state index in [-0.39, 0.29) is 29.1 Å². The van der Waals surface area contributed by atoms with Gasteiger partial charge in [0.25, 0.3) is 0 Å². The van der Waals surface area contributed by atoms with Crippen LogP contribution in [0.3, 0.4) is 0 Å². The molecule has 0 heterocycles. The molecule has 2 N–H and O–H groups in total. The molecule has 1 amide bonds. The molecule has 0 aliphatic heterocycles. The van der Waals surface area contributed by atoms with Crippen molar-refractivity contribution in [3.05, 3.63) is 59.7 Å². The van der Waals surface area contributed by atoms with Crippen molar-refractivity contribution in [1.29, 1.82) is 0 Å². The fourth-order valence-corrected chi connectivity index (χ4v) is 6.78. The number of rotatable bonds is 9. The number of benzene rings is 2. The second-order valence-corrected chi connectivity index (χ2v) is 10.5. The maximum Gasteiger partial charge on any atom is 0.337 e. The molecule has 4 aliphatic carbocycles. The Kier molecular flexibility index (Phi) is 6.56. The molecule has 36 heavy (non-hydrogen) atoms. The number of para-hydroxylation sites is 1. The van der Waals surface area contributed by atoms with Crippen LogP contribution >= 0.6 is 0 Å². The fraction of sp³-hybridized carbons (Fsp3) is 0.414. The van der Waals surface area contributed by atoms with E-state index in [4.69, 9.17) is 9.47 Å². The number of hydrogen-bond donors (Lipinski definition) is 2. The Labute approximate surface area is 210 Å². The third-order valence-electron chi connectivity index (χ3n) is 8.02. The van der Waals surface area contributed by atoms with Crippen molar-refractivity contribution in [1.82, 2.24) is 0 Å². The first-order chi connectivity index (χ1) is 17.3. The molecule has 0 unspecified atom stereocenters. The van der Waals surface area contributed by atoms with Crippen LogP contribution in [0.5, 0.6) is 11.5 Å². The largest absolute Gasteiger partial charge is 0.493 e. The first-order valence-corrected chi connectivity index (χ1v) is 12.5. The predicted molar refractivity (Wildman–Crippen MR) is 135 cm³/mol. The predicted octanol–water partition coefficient (Wildman–Crippen LogP) is 5.21. The highest BCUT2D eigenvalue weighted by molar-refractivity contribution is 6.06. The second kappa shape index (κ2) is 9.80. The van der Waals surface area contributed by atoms with E-state index < -0.39 is 11.9 Å². The molecule has 0 saturated heterocycles. The van der Waals surface area contributed by atoms with E-state index in [0.29, 0.717) is 34.8 Å². The number of anilines is 1. The van der Waals surface area contributed by atoms with E-state index in [0.717, 1.165) is 19.3 Å². The lowest BCUT2D eigenvalue weighted by atomic mass is 9.48. The molecule has 7 nitrogen and oxygen atoms in total. The molecule has 0 spiro atoms. The Morgan fingerprint density at radius 3 is 2.31 bits per heavy atom. The normalized spacial score (nSPS) is 26.1. The minimum atomic E-state index is -1.11. The first kappa shape index (κ1) is 24.1. The zero-order valence-corrected chi connectivity index (χ0v) is 20.4. The number of ketones is 1. The van der Waals surface area contributed by atoms with Crippen LogP contribution in [-0.2, 0) is 9.59 Å². The fourth-order valence-electron chi connectivity index (χ4n) is 6.78. The quantitative estimate of drug-likeness (QED) is 0.469. The van der Waals surface area contributed by atoms with Crippen LogP contribution in [0.1, 0.15) is 54.4 Å². The van der Waals surface area contributed by atoms with E-state index in [1.165, 1.54) is 44.6 Å². The highest BCUT2D eigenvalue weighted by Crippen LogP contribution is 2.60. The van der Waals surface area contributed by atoms with Gasteiger partial charge in [0.05, 0.1) is 18.4 Å². The Morgan fingerprint density at radius 2 is 1.67 bits per heavy atom. The van der Waals surface area contributed by atoms with Gasteiger partial charge in [0.15, 0.2) is 17.3 Å². The van der Waals surface area contributed by atoms with Crippen molar-refractivity contribution in [2.45, 2.75) is 38.5 Å². The van der Waals surface area contributed by atoms with Gasteiger partial charge in [0, 0.05) is 11.5 Å². The lowest BCUT2D eigenvalue weighted by molar-refractivity contribution is -0.146.